The van der Waals surface area contributed by atoms with Crippen molar-refractivity contribution in [2.45, 2.75) is 13.5 Å². The molecule has 88 valence electrons. The van der Waals surface area contributed by atoms with Gasteiger partial charge in [-0.2, -0.15) is 0 Å². The SMILES string of the molecule is COc1cc(C)c(CNC(=O)S)c(OC)c1. The maximum absolute atomic E-state index is 10.7. The zero-order chi connectivity index (χ0) is 12.1. The first-order valence-electron chi connectivity index (χ1n) is 4.76. The van der Waals surface area contributed by atoms with E-state index in [0.717, 1.165) is 16.9 Å². The summed E-state index contributed by atoms with van der Waals surface area (Å²) in [7, 11) is 3.18. The van der Waals surface area contributed by atoms with Crippen LogP contribution in [0.15, 0.2) is 12.1 Å². The highest BCUT2D eigenvalue weighted by atomic mass is 32.1. The van der Waals surface area contributed by atoms with E-state index in [2.05, 4.69) is 17.9 Å². The molecule has 0 fully saturated rings. The third-order valence-corrected chi connectivity index (χ3v) is 2.44. The number of carbonyl (C=O) groups excluding carboxylic acids is 1. The molecule has 0 aromatic heterocycles. The second kappa shape index (κ2) is 5.65. The van der Waals surface area contributed by atoms with Gasteiger partial charge < -0.3 is 14.8 Å². The summed E-state index contributed by atoms with van der Waals surface area (Å²) >= 11 is 3.65. The van der Waals surface area contributed by atoms with Crippen LogP contribution in [0.3, 0.4) is 0 Å². The summed E-state index contributed by atoms with van der Waals surface area (Å²) in [5, 5.41) is 2.26. The normalized spacial score (nSPS) is 9.75. The number of ether oxygens (including phenoxy) is 2. The Morgan fingerprint density at radius 2 is 2.06 bits per heavy atom. The van der Waals surface area contributed by atoms with E-state index in [1.54, 1.807) is 20.3 Å². The van der Waals surface area contributed by atoms with Gasteiger partial charge in [0.25, 0.3) is 5.24 Å². The van der Waals surface area contributed by atoms with Gasteiger partial charge in [-0.1, -0.05) is 12.6 Å². The van der Waals surface area contributed by atoms with Gasteiger partial charge in [0.1, 0.15) is 11.5 Å². The van der Waals surface area contributed by atoms with Gasteiger partial charge in [0.15, 0.2) is 0 Å². The van der Waals surface area contributed by atoms with Crippen molar-refractivity contribution in [1.82, 2.24) is 5.32 Å². The zero-order valence-corrected chi connectivity index (χ0v) is 10.4. The quantitative estimate of drug-likeness (QED) is 0.794. The summed E-state index contributed by atoms with van der Waals surface area (Å²) in [5.74, 6) is 1.43. The molecule has 4 nitrogen and oxygen atoms in total. The molecule has 1 aromatic rings. The maximum atomic E-state index is 10.7. The molecule has 0 saturated carbocycles. The van der Waals surface area contributed by atoms with Crippen LogP contribution in [0.2, 0.25) is 0 Å². The van der Waals surface area contributed by atoms with Gasteiger partial charge in [0.05, 0.1) is 14.2 Å². The molecule has 16 heavy (non-hydrogen) atoms. The van der Waals surface area contributed by atoms with Crippen LogP contribution in [0.4, 0.5) is 4.79 Å². The number of carbonyl (C=O) groups is 1. The van der Waals surface area contributed by atoms with Crippen molar-refractivity contribution in [2.24, 2.45) is 0 Å². The predicted molar refractivity (Wildman–Crippen MR) is 65.5 cm³/mol. The molecule has 0 spiro atoms. The van der Waals surface area contributed by atoms with E-state index >= 15 is 0 Å². The lowest BCUT2D eigenvalue weighted by Gasteiger charge is -2.13. The molecular formula is C11H15NO3S. The Bertz CT molecular complexity index is 393. The molecule has 5 heteroatoms. The minimum atomic E-state index is -0.364. The van der Waals surface area contributed by atoms with Crippen LogP contribution in [0, 0.1) is 6.92 Å². The Morgan fingerprint density at radius 1 is 1.38 bits per heavy atom. The van der Waals surface area contributed by atoms with E-state index in [9.17, 15) is 4.79 Å². The van der Waals surface area contributed by atoms with Gasteiger partial charge in [-0.15, -0.1) is 0 Å². The third kappa shape index (κ3) is 3.06. The number of methoxy groups -OCH3 is 2. The number of benzene rings is 1. The lowest BCUT2D eigenvalue weighted by atomic mass is 10.1. The molecule has 1 amide bonds. The van der Waals surface area contributed by atoms with Gasteiger partial charge in [-0.3, -0.25) is 4.79 Å². The smallest absolute Gasteiger partial charge is 0.276 e. The molecule has 0 aliphatic heterocycles. The van der Waals surface area contributed by atoms with Crippen molar-refractivity contribution < 1.29 is 14.3 Å². The predicted octanol–water partition coefficient (Wildman–Crippen LogP) is 2.15. The van der Waals surface area contributed by atoms with Gasteiger partial charge >= 0.3 is 0 Å². The molecular weight excluding hydrogens is 226 g/mol. The number of amides is 1. The minimum absolute atomic E-state index is 0.364. The summed E-state index contributed by atoms with van der Waals surface area (Å²) in [6, 6.07) is 3.68. The fourth-order valence-electron chi connectivity index (χ4n) is 1.44. The van der Waals surface area contributed by atoms with Crippen LogP contribution in [-0.2, 0) is 6.54 Å². The molecule has 0 bridgehead atoms. The molecule has 0 saturated heterocycles. The highest BCUT2D eigenvalue weighted by Crippen LogP contribution is 2.28. The molecule has 1 aromatic carbocycles. The Hall–Kier alpha value is -1.36. The monoisotopic (exact) mass is 241 g/mol. The van der Waals surface area contributed by atoms with Crippen LogP contribution in [0.25, 0.3) is 0 Å². The van der Waals surface area contributed by atoms with Gasteiger partial charge in [0.2, 0.25) is 0 Å². The van der Waals surface area contributed by atoms with Gasteiger partial charge in [0, 0.05) is 18.2 Å². The van der Waals surface area contributed by atoms with Crippen molar-refractivity contribution in [2.75, 3.05) is 14.2 Å². The molecule has 0 aliphatic carbocycles. The van der Waals surface area contributed by atoms with E-state index in [-0.39, 0.29) is 5.24 Å². The van der Waals surface area contributed by atoms with Crippen LogP contribution in [0.5, 0.6) is 11.5 Å². The first-order valence-corrected chi connectivity index (χ1v) is 5.21. The molecule has 0 unspecified atom stereocenters. The molecule has 0 atom stereocenters. The van der Waals surface area contributed by atoms with Crippen molar-refractivity contribution in [3.8, 4) is 11.5 Å². The Balaban J connectivity index is 3.01. The fourth-order valence-corrected chi connectivity index (χ4v) is 1.52. The Kier molecular flexibility index (Phi) is 4.49. The van der Waals surface area contributed by atoms with E-state index in [4.69, 9.17) is 9.47 Å². The average Bonchev–Trinajstić information content (AvgIpc) is 2.26. The molecule has 0 heterocycles. The second-order valence-corrected chi connectivity index (χ2v) is 3.69. The van der Waals surface area contributed by atoms with Gasteiger partial charge in [-0.05, 0) is 18.6 Å². The summed E-state index contributed by atoms with van der Waals surface area (Å²) < 4.78 is 10.4. The molecule has 1 N–H and O–H groups in total. The molecule has 0 radical (unpaired) electrons. The average molecular weight is 241 g/mol. The second-order valence-electron chi connectivity index (χ2n) is 3.28. The fraction of sp³-hybridized carbons (Fsp3) is 0.364. The number of nitrogens with one attached hydrogen (secondary N) is 1. The summed E-state index contributed by atoms with van der Waals surface area (Å²) in [6.45, 7) is 2.33. The first-order chi connectivity index (χ1) is 7.58. The summed E-state index contributed by atoms with van der Waals surface area (Å²) in [5.41, 5.74) is 1.92. The maximum Gasteiger partial charge on any atom is 0.276 e. The number of rotatable bonds is 4. The number of aryl methyl sites for hydroxylation is 1. The highest BCUT2D eigenvalue weighted by molar-refractivity contribution is 7.96. The Labute approximate surface area is 100 Å². The van der Waals surface area contributed by atoms with Crippen LogP contribution < -0.4 is 14.8 Å². The van der Waals surface area contributed by atoms with E-state index in [1.807, 2.05) is 13.0 Å². The van der Waals surface area contributed by atoms with E-state index < -0.39 is 0 Å². The van der Waals surface area contributed by atoms with Crippen molar-refractivity contribution >= 4 is 17.9 Å². The lowest BCUT2D eigenvalue weighted by molar-refractivity contribution is 0.260. The lowest BCUT2D eigenvalue weighted by Crippen LogP contribution is -2.17. The van der Waals surface area contributed by atoms with E-state index in [0.29, 0.717) is 12.3 Å². The van der Waals surface area contributed by atoms with Gasteiger partial charge in [-0.25, -0.2) is 0 Å². The third-order valence-electron chi connectivity index (χ3n) is 2.28. The number of hydrogen-bond donors (Lipinski definition) is 2. The summed E-state index contributed by atoms with van der Waals surface area (Å²) in [6.07, 6.45) is 0. The van der Waals surface area contributed by atoms with Crippen molar-refractivity contribution in [3.05, 3.63) is 23.3 Å². The summed E-state index contributed by atoms with van der Waals surface area (Å²) in [4.78, 5) is 10.7. The minimum Gasteiger partial charge on any atom is -0.497 e. The molecule has 0 aliphatic rings. The van der Waals surface area contributed by atoms with Crippen LogP contribution in [-0.4, -0.2) is 19.5 Å². The van der Waals surface area contributed by atoms with Crippen molar-refractivity contribution in [1.29, 1.82) is 0 Å². The van der Waals surface area contributed by atoms with Crippen LogP contribution >= 0.6 is 12.6 Å². The Morgan fingerprint density at radius 3 is 2.56 bits per heavy atom. The molecule has 1 rings (SSSR count). The first kappa shape index (κ1) is 12.7. The van der Waals surface area contributed by atoms with E-state index in [1.165, 1.54) is 0 Å². The zero-order valence-electron chi connectivity index (χ0n) is 9.53. The van der Waals surface area contributed by atoms with Crippen LogP contribution in [0.1, 0.15) is 11.1 Å². The number of hydrogen-bond acceptors (Lipinski definition) is 3. The topological polar surface area (TPSA) is 47.6 Å². The number of thiol groups is 1. The largest absolute Gasteiger partial charge is 0.497 e. The highest BCUT2D eigenvalue weighted by Gasteiger charge is 2.09. The van der Waals surface area contributed by atoms with Crippen molar-refractivity contribution in [3.63, 3.8) is 0 Å². The standard InChI is InChI=1S/C11H15NO3S/c1-7-4-8(14-2)5-10(15-3)9(7)6-12-11(13)16/h4-5H,6H2,1-3H3,(H2,12,13,16).